The molecule has 2 fully saturated rings. The van der Waals surface area contributed by atoms with E-state index in [2.05, 4.69) is 21.2 Å². The molecular weight excluding hydrogens is 352 g/mol. The molecule has 0 aromatic heterocycles. The maximum Gasteiger partial charge on any atom is 0.152 e. The van der Waals surface area contributed by atoms with Gasteiger partial charge in [0.1, 0.15) is 0 Å². The summed E-state index contributed by atoms with van der Waals surface area (Å²) < 4.78 is 6.11. The highest BCUT2D eigenvalue weighted by molar-refractivity contribution is 5.85. The molecule has 28 heavy (non-hydrogen) atoms. The van der Waals surface area contributed by atoms with Gasteiger partial charge in [0.15, 0.2) is 5.78 Å². The number of benzene rings is 1. The molecule has 2 aliphatic heterocycles. The Morgan fingerprint density at radius 1 is 1.14 bits per heavy atom. The largest absolute Gasteiger partial charge is 0.385 e. The molecule has 0 saturated carbocycles. The van der Waals surface area contributed by atoms with Crippen LogP contribution in [-0.4, -0.2) is 73.6 Å². The smallest absolute Gasteiger partial charge is 0.152 e. The molecule has 2 heterocycles. The Labute approximate surface area is 168 Å². The number of hydrogen-bond donors (Lipinski definition) is 1. The molecule has 0 amide bonds. The van der Waals surface area contributed by atoms with Gasteiger partial charge in [-0.05, 0) is 30.7 Å². The van der Waals surface area contributed by atoms with E-state index < -0.39 is 0 Å². The van der Waals surface area contributed by atoms with Crippen molar-refractivity contribution in [2.24, 2.45) is 5.41 Å². The Hall–Kier alpha value is -1.94. The van der Waals surface area contributed by atoms with Crippen LogP contribution in [0.15, 0.2) is 24.3 Å². The van der Waals surface area contributed by atoms with Gasteiger partial charge in [-0.25, -0.2) is 0 Å². The second-order valence-corrected chi connectivity index (χ2v) is 8.98. The summed E-state index contributed by atoms with van der Waals surface area (Å²) in [6.07, 6.45) is 1.46. The number of carbonyl (C=O) groups is 1. The maximum atomic E-state index is 12.3. The molecular formula is C22H32N4O2. The van der Waals surface area contributed by atoms with E-state index in [0.29, 0.717) is 17.9 Å². The topological polar surface area (TPSA) is 68.6 Å². The molecule has 1 aromatic rings. The first-order valence-electron chi connectivity index (χ1n) is 10.2. The number of rotatable bonds is 7. The zero-order chi connectivity index (χ0) is 20.1. The third kappa shape index (κ3) is 5.78. The van der Waals surface area contributed by atoms with E-state index in [-0.39, 0.29) is 17.6 Å². The predicted molar refractivity (Wildman–Crippen MR) is 110 cm³/mol. The van der Waals surface area contributed by atoms with Crippen molar-refractivity contribution < 1.29 is 9.53 Å². The fraction of sp³-hybridized carbons (Fsp3) is 0.636. The first kappa shape index (κ1) is 20.8. The third-order valence-corrected chi connectivity index (χ3v) is 5.43. The lowest BCUT2D eigenvalue weighted by molar-refractivity contribution is -0.147. The molecule has 0 aliphatic carbocycles. The molecule has 6 heteroatoms. The van der Waals surface area contributed by atoms with Crippen LogP contribution in [0, 0.1) is 16.7 Å². The lowest BCUT2D eigenvalue weighted by Gasteiger charge is -2.46. The van der Waals surface area contributed by atoms with E-state index in [1.54, 1.807) is 0 Å². The van der Waals surface area contributed by atoms with Crippen molar-refractivity contribution in [2.45, 2.75) is 39.4 Å². The molecule has 0 radical (unpaired) electrons. The predicted octanol–water partition coefficient (Wildman–Crippen LogP) is 2.36. The standard InChI is InChI=1S/C22H32N4O2/c1-22(2,3)21(27)16-26-14-19-12-25(13-20(15-26)28-19)10-4-9-24-18-7-5-17(11-23)6-8-18/h5-8,19-20,24H,4,9-10,12-16H2,1-3H3. The van der Waals surface area contributed by atoms with Crippen LogP contribution in [0.25, 0.3) is 0 Å². The third-order valence-electron chi connectivity index (χ3n) is 5.43. The zero-order valence-corrected chi connectivity index (χ0v) is 17.3. The zero-order valence-electron chi connectivity index (χ0n) is 17.3. The summed E-state index contributed by atoms with van der Waals surface area (Å²) in [5, 5.41) is 12.3. The quantitative estimate of drug-likeness (QED) is 0.728. The fourth-order valence-electron chi connectivity index (χ4n) is 3.81. The number of carbonyl (C=O) groups excluding carboxylic acids is 1. The van der Waals surface area contributed by atoms with Crippen molar-refractivity contribution in [1.82, 2.24) is 9.80 Å². The summed E-state index contributed by atoms with van der Waals surface area (Å²) in [7, 11) is 0. The van der Waals surface area contributed by atoms with Crippen LogP contribution < -0.4 is 5.32 Å². The number of anilines is 1. The summed E-state index contributed by atoms with van der Waals surface area (Å²) in [6, 6.07) is 9.70. The van der Waals surface area contributed by atoms with E-state index in [9.17, 15) is 4.79 Å². The van der Waals surface area contributed by atoms with Crippen LogP contribution in [0.1, 0.15) is 32.8 Å². The van der Waals surface area contributed by atoms with Gasteiger partial charge >= 0.3 is 0 Å². The van der Waals surface area contributed by atoms with Crippen LogP contribution in [0.5, 0.6) is 0 Å². The first-order valence-corrected chi connectivity index (χ1v) is 10.2. The van der Waals surface area contributed by atoms with E-state index in [1.807, 2.05) is 45.0 Å². The molecule has 2 saturated heterocycles. The summed E-state index contributed by atoms with van der Waals surface area (Å²) in [6.45, 7) is 12.0. The normalized spacial score (nSPS) is 23.2. The molecule has 2 unspecified atom stereocenters. The Morgan fingerprint density at radius 3 is 2.32 bits per heavy atom. The summed E-state index contributed by atoms with van der Waals surface area (Å²) in [5.74, 6) is 0.304. The Morgan fingerprint density at radius 2 is 1.75 bits per heavy atom. The molecule has 3 rings (SSSR count). The second kappa shape index (κ2) is 9.04. The van der Waals surface area contributed by atoms with Gasteiger partial charge < -0.3 is 10.1 Å². The monoisotopic (exact) mass is 384 g/mol. The van der Waals surface area contributed by atoms with Gasteiger partial charge in [0.2, 0.25) is 0 Å². The maximum absolute atomic E-state index is 12.3. The van der Waals surface area contributed by atoms with Crippen molar-refractivity contribution in [1.29, 1.82) is 5.26 Å². The van der Waals surface area contributed by atoms with Crippen molar-refractivity contribution in [3.63, 3.8) is 0 Å². The number of nitrogens with zero attached hydrogens (tertiary/aromatic N) is 3. The minimum absolute atomic E-state index is 0.201. The molecule has 2 aliphatic rings. The summed E-state index contributed by atoms with van der Waals surface area (Å²) >= 11 is 0. The van der Waals surface area contributed by atoms with Crippen LogP contribution in [0.3, 0.4) is 0 Å². The molecule has 6 nitrogen and oxygen atoms in total. The highest BCUT2D eigenvalue weighted by atomic mass is 16.5. The fourth-order valence-corrected chi connectivity index (χ4v) is 3.81. The number of ether oxygens (including phenoxy) is 1. The van der Waals surface area contributed by atoms with Gasteiger partial charge in [0.05, 0.1) is 30.4 Å². The molecule has 2 atom stereocenters. The number of hydrogen-bond acceptors (Lipinski definition) is 6. The van der Waals surface area contributed by atoms with E-state index >= 15 is 0 Å². The van der Waals surface area contributed by atoms with Gasteiger partial charge in [-0.3, -0.25) is 14.6 Å². The number of ketones is 1. The van der Waals surface area contributed by atoms with Crippen LogP contribution in [0.2, 0.25) is 0 Å². The first-order chi connectivity index (χ1) is 13.3. The van der Waals surface area contributed by atoms with Crippen molar-refractivity contribution in [2.75, 3.05) is 51.1 Å². The lowest BCUT2D eigenvalue weighted by atomic mass is 9.90. The number of nitriles is 1. The molecule has 0 spiro atoms. The Balaban J connectivity index is 1.38. The van der Waals surface area contributed by atoms with E-state index in [0.717, 1.165) is 51.4 Å². The summed E-state index contributed by atoms with van der Waals surface area (Å²) in [4.78, 5) is 17.1. The van der Waals surface area contributed by atoms with E-state index in [4.69, 9.17) is 10.00 Å². The van der Waals surface area contributed by atoms with Crippen molar-refractivity contribution in [3.05, 3.63) is 29.8 Å². The van der Waals surface area contributed by atoms with Crippen LogP contribution in [0.4, 0.5) is 5.69 Å². The molecule has 2 bridgehead atoms. The second-order valence-electron chi connectivity index (χ2n) is 8.98. The SMILES string of the molecule is CC(C)(C)C(=O)CN1CC2CN(CCCNc3ccc(C#N)cc3)CC(C1)O2. The van der Waals surface area contributed by atoms with Gasteiger partial charge in [-0.2, -0.15) is 5.26 Å². The van der Waals surface area contributed by atoms with Gasteiger partial charge in [0, 0.05) is 50.4 Å². The highest BCUT2D eigenvalue weighted by Crippen LogP contribution is 2.21. The molecule has 1 N–H and O–H groups in total. The Bertz CT molecular complexity index is 691. The van der Waals surface area contributed by atoms with Crippen LogP contribution >= 0.6 is 0 Å². The number of morpholine rings is 2. The lowest BCUT2D eigenvalue weighted by Crippen LogP contribution is -2.60. The Kier molecular flexibility index (Phi) is 6.71. The highest BCUT2D eigenvalue weighted by Gasteiger charge is 2.36. The summed E-state index contributed by atoms with van der Waals surface area (Å²) in [5.41, 5.74) is 1.46. The average molecular weight is 385 g/mol. The number of Topliss-reactive ketones (excluding diaryl/α,β-unsaturated/α-hetero) is 1. The van der Waals surface area contributed by atoms with Crippen LogP contribution in [-0.2, 0) is 9.53 Å². The molecule has 1 aromatic carbocycles. The van der Waals surface area contributed by atoms with Crippen molar-refractivity contribution >= 4 is 11.5 Å². The number of fused-ring (bicyclic) bond motifs is 2. The van der Waals surface area contributed by atoms with Gasteiger partial charge in [0.25, 0.3) is 0 Å². The van der Waals surface area contributed by atoms with E-state index in [1.165, 1.54) is 0 Å². The number of nitrogens with one attached hydrogen (secondary N) is 1. The minimum Gasteiger partial charge on any atom is -0.385 e. The minimum atomic E-state index is -0.276. The van der Waals surface area contributed by atoms with Gasteiger partial charge in [-0.15, -0.1) is 0 Å². The average Bonchev–Trinajstić information content (AvgIpc) is 2.64. The van der Waals surface area contributed by atoms with Gasteiger partial charge in [-0.1, -0.05) is 20.8 Å². The van der Waals surface area contributed by atoms with Crippen molar-refractivity contribution in [3.8, 4) is 6.07 Å². The molecule has 152 valence electrons.